The van der Waals surface area contributed by atoms with Crippen molar-refractivity contribution in [2.75, 3.05) is 31.0 Å². The van der Waals surface area contributed by atoms with Crippen molar-refractivity contribution in [3.63, 3.8) is 0 Å². The highest BCUT2D eigenvalue weighted by molar-refractivity contribution is 7.93. The lowest BCUT2D eigenvalue weighted by molar-refractivity contribution is 0.00573. The van der Waals surface area contributed by atoms with Crippen LogP contribution in [0.5, 0.6) is 0 Å². The highest BCUT2D eigenvalue weighted by Crippen LogP contribution is 2.30. The van der Waals surface area contributed by atoms with Gasteiger partial charge >= 0.3 is 6.09 Å². The summed E-state index contributed by atoms with van der Waals surface area (Å²) in [7, 11) is -3.91. The molecule has 2 aliphatic heterocycles. The number of para-hydroxylation sites is 1. The molecule has 0 spiro atoms. The van der Waals surface area contributed by atoms with E-state index >= 15 is 0 Å². The van der Waals surface area contributed by atoms with Crippen molar-refractivity contribution in [2.45, 2.75) is 30.3 Å². The smallest absolute Gasteiger partial charge is 0.407 e. The van der Waals surface area contributed by atoms with E-state index < -0.39 is 16.1 Å². The molecule has 2 aromatic carbocycles. The first-order chi connectivity index (χ1) is 17.8. The number of sulfonamides is 1. The van der Waals surface area contributed by atoms with Gasteiger partial charge in [0.25, 0.3) is 15.9 Å². The Bertz CT molecular complexity index is 1420. The van der Waals surface area contributed by atoms with Gasteiger partial charge in [0, 0.05) is 48.4 Å². The molecule has 11 heteroatoms. The summed E-state index contributed by atoms with van der Waals surface area (Å²) in [5.41, 5.74) is 1.09. The van der Waals surface area contributed by atoms with E-state index in [0.29, 0.717) is 35.4 Å². The maximum Gasteiger partial charge on any atom is 0.407 e. The van der Waals surface area contributed by atoms with Gasteiger partial charge in [0.1, 0.15) is 4.90 Å². The summed E-state index contributed by atoms with van der Waals surface area (Å²) in [5, 5.41) is 10.4. The highest BCUT2D eigenvalue weighted by Gasteiger charge is 2.43. The molecule has 0 saturated carbocycles. The fraction of sp³-hybridized carbons (Fsp3) is 0.346. The molecule has 5 rings (SSSR count). The van der Waals surface area contributed by atoms with Crippen LogP contribution in [-0.2, 0) is 14.8 Å². The monoisotopic (exact) mass is 524 g/mol. The van der Waals surface area contributed by atoms with Gasteiger partial charge in [0.15, 0.2) is 0 Å². The summed E-state index contributed by atoms with van der Waals surface area (Å²) >= 11 is 0. The SMILES string of the molecule is CC1[C@@H]([C@H]2CCOC2)N(C(=O)O)CCN1C(=O)c1ccc(NS(=O)(=O)c2cccc3cccnc23)cc1. The molecule has 0 bridgehead atoms. The van der Waals surface area contributed by atoms with Crippen LogP contribution in [0.25, 0.3) is 10.9 Å². The Morgan fingerprint density at radius 2 is 1.78 bits per heavy atom. The first-order valence-electron chi connectivity index (χ1n) is 12.1. The first-order valence-corrected chi connectivity index (χ1v) is 13.6. The molecule has 2 saturated heterocycles. The number of hydrogen-bond donors (Lipinski definition) is 2. The molecule has 1 unspecified atom stereocenters. The molecule has 0 radical (unpaired) electrons. The molecule has 2 aliphatic rings. The Morgan fingerprint density at radius 3 is 2.49 bits per heavy atom. The van der Waals surface area contributed by atoms with Crippen LogP contribution in [0.4, 0.5) is 10.5 Å². The Morgan fingerprint density at radius 1 is 1.05 bits per heavy atom. The van der Waals surface area contributed by atoms with Crippen molar-refractivity contribution in [3.8, 4) is 0 Å². The van der Waals surface area contributed by atoms with E-state index in [1.165, 1.54) is 11.0 Å². The van der Waals surface area contributed by atoms with E-state index in [9.17, 15) is 23.1 Å². The molecule has 3 aromatic rings. The molecule has 3 atom stereocenters. The van der Waals surface area contributed by atoms with Gasteiger partial charge in [-0.15, -0.1) is 0 Å². The minimum Gasteiger partial charge on any atom is -0.465 e. The van der Waals surface area contributed by atoms with Gasteiger partial charge in [0.2, 0.25) is 0 Å². The Kier molecular flexibility index (Phi) is 6.74. The number of carbonyl (C=O) groups is 2. The second-order valence-corrected chi connectivity index (χ2v) is 11.0. The number of anilines is 1. The number of rotatable bonds is 5. The van der Waals surface area contributed by atoms with Gasteiger partial charge in [0.05, 0.1) is 24.2 Å². The molecule has 37 heavy (non-hydrogen) atoms. The fourth-order valence-corrected chi connectivity index (χ4v) is 6.58. The highest BCUT2D eigenvalue weighted by atomic mass is 32.2. The van der Waals surface area contributed by atoms with Crippen LogP contribution in [0, 0.1) is 5.92 Å². The fourth-order valence-electron chi connectivity index (χ4n) is 5.34. The quantitative estimate of drug-likeness (QED) is 0.524. The Hall–Kier alpha value is -3.70. The molecule has 3 heterocycles. The van der Waals surface area contributed by atoms with Crippen molar-refractivity contribution in [3.05, 3.63) is 66.4 Å². The summed E-state index contributed by atoms with van der Waals surface area (Å²) < 4.78 is 34.2. The number of ether oxygens (including phenoxy) is 1. The number of carboxylic acid groups (broad SMARTS) is 1. The van der Waals surface area contributed by atoms with E-state index in [1.807, 2.05) is 6.92 Å². The van der Waals surface area contributed by atoms with Crippen molar-refractivity contribution < 1.29 is 27.9 Å². The summed E-state index contributed by atoms with van der Waals surface area (Å²) in [5.74, 6) is -0.198. The summed E-state index contributed by atoms with van der Waals surface area (Å²) in [4.78, 5) is 32.7. The number of hydrogen-bond acceptors (Lipinski definition) is 6. The number of piperazine rings is 1. The Balaban J connectivity index is 1.33. The Labute approximate surface area is 214 Å². The zero-order valence-electron chi connectivity index (χ0n) is 20.3. The maximum atomic E-state index is 13.4. The molecule has 10 nitrogen and oxygen atoms in total. The average Bonchev–Trinajstić information content (AvgIpc) is 3.42. The molecule has 0 aliphatic carbocycles. The second kappa shape index (κ2) is 9.98. The lowest BCUT2D eigenvalue weighted by atomic mass is 9.89. The number of amides is 2. The van der Waals surface area contributed by atoms with Crippen molar-refractivity contribution in [1.82, 2.24) is 14.8 Å². The minimum absolute atomic E-state index is 0.0297. The van der Waals surface area contributed by atoms with Gasteiger partial charge in [-0.25, -0.2) is 13.2 Å². The normalized spacial score (nSPS) is 22.2. The van der Waals surface area contributed by atoms with E-state index in [2.05, 4.69) is 9.71 Å². The molecule has 2 fully saturated rings. The van der Waals surface area contributed by atoms with Crippen molar-refractivity contribution >= 4 is 38.6 Å². The molecule has 2 N–H and O–H groups in total. The number of nitrogens with one attached hydrogen (secondary N) is 1. The lowest BCUT2D eigenvalue weighted by Gasteiger charge is -2.47. The van der Waals surface area contributed by atoms with Gasteiger partial charge in [-0.05, 0) is 49.7 Å². The third-order valence-corrected chi connectivity index (χ3v) is 8.56. The lowest BCUT2D eigenvalue weighted by Crippen LogP contribution is -2.63. The number of pyridine rings is 1. The minimum atomic E-state index is -3.91. The number of aromatic nitrogens is 1. The van der Waals surface area contributed by atoms with E-state index in [1.54, 1.807) is 59.6 Å². The van der Waals surface area contributed by atoms with E-state index in [0.717, 1.165) is 6.42 Å². The largest absolute Gasteiger partial charge is 0.465 e. The van der Waals surface area contributed by atoms with E-state index in [4.69, 9.17) is 4.74 Å². The molecule has 2 amide bonds. The van der Waals surface area contributed by atoms with Crippen LogP contribution in [0.3, 0.4) is 0 Å². The van der Waals surface area contributed by atoms with Crippen LogP contribution in [0.2, 0.25) is 0 Å². The van der Waals surface area contributed by atoms with Gasteiger partial charge in [-0.2, -0.15) is 0 Å². The zero-order chi connectivity index (χ0) is 26.2. The van der Waals surface area contributed by atoms with Gasteiger partial charge in [-0.1, -0.05) is 18.2 Å². The maximum absolute atomic E-state index is 13.4. The second-order valence-electron chi connectivity index (χ2n) is 9.34. The van der Waals surface area contributed by atoms with Crippen LogP contribution in [0.1, 0.15) is 23.7 Å². The van der Waals surface area contributed by atoms with Gasteiger partial charge in [-0.3, -0.25) is 14.5 Å². The summed E-state index contributed by atoms with van der Waals surface area (Å²) in [6.45, 7) is 3.43. The topological polar surface area (TPSA) is 129 Å². The first kappa shape index (κ1) is 25.0. The number of carbonyl (C=O) groups excluding carboxylic acids is 1. The molecular formula is C26H28N4O6S. The van der Waals surface area contributed by atoms with Crippen LogP contribution >= 0.6 is 0 Å². The van der Waals surface area contributed by atoms with Crippen LogP contribution in [-0.4, -0.2) is 78.7 Å². The molecule has 194 valence electrons. The van der Waals surface area contributed by atoms with Gasteiger partial charge < -0.3 is 19.6 Å². The average molecular weight is 525 g/mol. The number of nitrogens with zero attached hydrogens (tertiary/aromatic N) is 3. The van der Waals surface area contributed by atoms with Crippen molar-refractivity contribution in [1.29, 1.82) is 0 Å². The third-order valence-electron chi connectivity index (χ3n) is 7.15. The molecular weight excluding hydrogens is 496 g/mol. The number of fused-ring (bicyclic) bond motifs is 1. The standard InChI is InChI=1S/C26H28N4O6S/c1-17-24(20-11-15-36-16-20)30(26(32)33)14-13-29(17)25(31)19-7-9-21(10-8-19)28-37(34,35)22-6-2-4-18-5-3-12-27-23(18)22/h2-10,12,17,20,24,28H,11,13-16H2,1H3,(H,32,33)/t17?,20-,24-/m0/s1. The number of benzene rings is 2. The van der Waals surface area contributed by atoms with Crippen molar-refractivity contribution in [2.24, 2.45) is 5.92 Å². The zero-order valence-corrected chi connectivity index (χ0v) is 21.1. The summed E-state index contributed by atoms with van der Waals surface area (Å²) in [6.07, 6.45) is 1.31. The molecule has 1 aromatic heterocycles. The summed E-state index contributed by atoms with van der Waals surface area (Å²) in [6, 6.07) is 14.1. The predicted molar refractivity (Wildman–Crippen MR) is 137 cm³/mol. The van der Waals surface area contributed by atoms with Crippen LogP contribution in [0.15, 0.2) is 65.7 Å². The van der Waals surface area contributed by atoms with Crippen LogP contribution < -0.4 is 4.72 Å². The van der Waals surface area contributed by atoms with E-state index in [-0.39, 0.29) is 41.9 Å². The third kappa shape index (κ3) is 4.84. The predicted octanol–water partition coefficient (Wildman–Crippen LogP) is 3.27.